The molecule has 1 aliphatic heterocycles. The first-order chi connectivity index (χ1) is 14.1. The maximum absolute atomic E-state index is 12.6. The van der Waals surface area contributed by atoms with Crippen LogP contribution in [-0.2, 0) is 20.9 Å². The van der Waals surface area contributed by atoms with Crippen LogP contribution in [0.1, 0.15) is 29.9 Å². The molecule has 5 heteroatoms. The van der Waals surface area contributed by atoms with Gasteiger partial charge in [0.25, 0.3) is 0 Å². The normalized spacial score (nSPS) is 17.8. The van der Waals surface area contributed by atoms with E-state index in [1.165, 1.54) is 7.11 Å². The van der Waals surface area contributed by atoms with Gasteiger partial charge in [0.2, 0.25) is 0 Å². The lowest BCUT2D eigenvalue weighted by molar-refractivity contribution is -0.141. The van der Waals surface area contributed by atoms with Crippen molar-refractivity contribution in [3.05, 3.63) is 84.7 Å². The number of ether oxygens (including phenoxy) is 4. The van der Waals surface area contributed by atoms with Crippen molar-refractivity contribution in [2.45, 2.75) is 25.4 Å². The highest BCUT2D eigenvalue weighted by atomic mass is 16.7. The van der Waals surface area contributed by atoms with Gasteiger partial charge in [-0.25, -0.2) is 0 Å². The number of methoxy groups -OCH3 is 1. The molecule has 2 atom stereocenters. The van der Waals surface area contributed by atoms with E-state index in [2.05, 4.69) is 13.2 Å². The van der Waals surface area contributed by atoms with Gasteiger partial charge in [0, 0.05) is 25.0 Å². The van der Waals surface area contributed by atoms with E-state index >= 15 is 0 Å². The van der Waals surface area contributed by atoms with Crippen LogP contribution in [0.5, 0.6) is 11.5 Å². The van der Waals surface area contributed by atoms with E-state index in [9.17, 15) is 4.79 Å². The fraction of sp³-hybridized carbons (Fsp3) is 0.292. The summed E-state index contributed by atoms with van der Waals surface area (Å²) in [4.78, 5) is 12.6. The van der Waals surface area contributed by atoms with Crippen LogP contribution in [0.2, 0.25) is 0 Å². The fourth-order valence-electron chi connectivity index (χ4n) is 3.45. The second-order valence-corrected chi connectivity index (χ2v) is 6.93. The SMILES string of the molecule is C=CCC1c2cc(OCc3ccccc3)ccc2OC(=O)C1CC(=C)OCOC. The first-order valence-corrected chi connectivity index (χ1v) is 9.55. The van der Waals surface area contributed by atoms with E-state index in [4.69, 9.17) is 18.9 Å². The third-order valence-electron chi connectivity index (χ3n) is 4.88. The van der Waals surface area contributed by atoms with Gasteiger partial charge in [-0.2, -0.15) is 0 Å². The maximum atomic E-state index is 12.6. The van der Waals surface area contributed by atoms with Crippen molar-refractivity contribution in [1.82, 2.24) is 0 Å². The fourth-order valence-corrected chi connectivity index (χ4v) is 3.45. The van der Waals surface area contributed by atoms with Crippen LogP contribution in [0.3, 0.4) is 0 Å². The van der Waals surface area contributed by atoms with Crippen LogP contribution in [0.4, 0.5) is 0 Å². The van der Waals surface area contributed by atoms with Gasteiger partial charge in [-0.05, 0) is 30.2 Å². The zero-order valence-corrected chi connectivity index (χ0v) is 16.6. The van der Waals surface area contributed by atoms with Gasteiger partial charge < -0.3 is 18.9 Å². The molecule has 29 heavy (non-hydrogen) atoms. The second kappa shape index (κ2) is 9.94. The summed E-state index contributed by atoms with van der Waals surface area (Å²) >= 11 is 0. The van der Waals surface area contributed by atoms with Gasteiger partial charge >= 0.3 is 5.97 Å². The van der Waals surface area contributed by atoms with Gasteiger partial charge in [0.05, 0.1) is 11.7 Å². The van der Waals surface area contributed by atoms with Crippen LogP contribution in [-0.4, -0.2) is 19.9 Å². The Morgan fingerprint density at radius 1 is 1.17 bits per heavy atom. The highest BCUT2D eigenvalue weighted by Crippen LogP contribution is 2.44. The zero-order valence-electron chi connectivity index (χ0n) is 16.6. The minimum Gasteiger partial charge on any atom is -0.489 e. The smallest absolute Gasteiger partial charge is 0.315 e. The lowest BCUT2D eigenvalue weighted by Gasteiger charge is -2.32. The number of hydrogen-bond donors (Lipinski definition) is 0. The highest BCUT2D eigenvalue weighted by molar-refractivity contribution is 5.79. The van der Waals surface area contributed by atoms with E-state index in [0.29, 0.717) is 31.0 Å². The zero-order chi connectivity index (χ0) is 20.6. The van der Waals surface area contributed by atoms with Gasteiger partial charge in [0.15, 0.2) is 6.79 Å². The number of fused-ring (bicyclic) bond motifs is 1. The summed E-state index contributed by atoms with van der Waals surface area (Å²) < 4.78 is 21.8. The number of rotatable bonds is 10. The van der Waals surface area contributed by atoms with Crippen molar-refractivity contribution in [2.24, 2.45) is 5.92 Å². The lowest BCUT2D eigenvalue weighted by atomic mass is 9.79. The number of carbonyl (C=O) groups is 1. The molecular formula is C24H26O5. The van der Waals surface area contributed by atoms with Crippen LogP contribution in [0.15, 0.2) is 73.5 Å². The van der Waals surface area contributed by atoms with E-state index in [0.717, 1.165) is 16.9 Å². The molecule has 0 saturated carbocycles. The first kappa shape index (κ1) is 20.7. The molecule has 152 valence electrons. The Kier molecular flexibility index (Phi) is 7.09. The Morgan fingerprint density at radius 3 is 2.69 bits per heavy atom. The number of hydrogen-bond acceptors (Lipinski definition) is 5. The summed E-state index contributed by atoms with van der Waals surface area (Å²) in [6, 6.07) is 15.5. The van der Waals surface area contributed by atoms with E-state index < -0.39 is 5.92 Å². The van der Waals surface area contributed by atoms with Crippen molar-refractivity contribution in [3.63, 3.8) is 0 Å². The van der Waals surface area contributed by atoms with Gasteiger partial charge in [0.1, 0.15) is 18.1 Å². The Hall–Kier alpha value is -3.05. The Labute approximate surface area is 171 Å². The lowest BCUT2D eigenvalue weighted by Crippen LogP contribution is -2.32. The van der Waals surface area contributed by atoms with Crippen LogP contribution in [0, 0.1) is 5.92 Å². The van der Waals surface area contributed by atoms with E-state index in [1.807, 2.05) is 48.5 Å². The van der Waals surface area contributed by atoms with Gasteiger partial charge in [-0.15, -0.1) is 6.58 Å². The molecule has 2 aromatic rings. The van der Waals surface area contributed by atoms with Crippen LogP contribution >= 0.6 is 0 Å². The summed E-state index contributed by atoms with van der Waals surface area (Å²) in [6.07, 6.45) is 2.80. The molecule has 3 rings (SSSR count). The first-order valence-electron chi connectivity index (χ1n) is 9.55. The molecule has 0 bridgehead atoms. The third-order valence-corrected chi connectivity index (χ3v) is 4.88. The van der Waals surface area contributed by atoms with Crippen molar-refractivity contribution in [3.8, 4) is 11.5 Å². The quantitative estimate of drug-likeness (QED) is 0.187. The molecule has 5 nitrogen and oxygen atoms in total. The molecule has 2 aromatic carbocycles. The molecule has 0 fully saturated rings. The summed E-state index contributed by atoms with van der Waals surface area (Å²) in [5.74, 6) is 0.995. The Balaban J connectivity index is 1.79. The summed E-state index contributed by atoms with van der Waals surface area (Å²) in [5, 5.41) is 0. The van der Waals surface area contributed by atoms with Crippen LogP contribution < -0.4 is 9.47 Å². The minimum atomic E-state index is -0.408. The van der Waals surface area contributed by atoms with Crippen molar-refractivity contribution >= 4 is 5.97 Å². The van der Waals surface area contributed by atoms with Gasteiger partial charge in [-0.1, -0.05) is 43.0 Å². The topological polar surface area (TPSA) is 54.0 Å². The van der Waals surface area contributed by atoms with Gasteiger partial charge in [-0.3, -0.25) is 4.79 Å². The molecule has 1 heterocycles. The molecule has 0 spiro atoms. The predicted molar refractivity (Wildman–Crippen MR) is 111 cm³/mol. The average molecular weight is 394 g/mol. The number of carbonyl (C=O) groups excluding carboxylic acids is 1. The standard InChI is InChI=1S/C24H26O5/c1-4-8-20-21-14-19(27-15-18-9-6-5-7-10-18)11-12-23(21)29-24(25)22(20)13-17(2)28-16-26-3/h4-7,9-12,14,20,22H,1-2,8,13,15-16H2,3H3. The maximum Gasteiger partial charge on any atom is 0.315 e. The molecule has 0 saturated heterocycles. The largest absolute Gasteiger partial charge is 0.489 e. The third kappa shape index (κ3) is 5.27. The van der Waals surface area contributed by atoms with E-state index in [1.54, 1.807) is 6.07 Å². The summed E-state index contributed by atoms with van der Waals surface area (Å²) in [5.41, 5.74) is 2.02. The summed E-state index contributed by atoms with van der Waals surface area (Å²) in [7, 11) is 1.54. The molecule has 2 unspecified atom stereocenters. The average Bonchev–Trinajstić information content (AvgIpc) is 2.74. The molecule has 1 aliphatic rings. The number of benzene rings is 2. The number of esters is 1. The molecule has 0 amide bonds. The molecule has 0 aliphatic carbocycles. The molecular weight excluding hydrogens is 368 g/mol. The Morgan fingerprint density at radius 2 is 1.97 bits per heavy atom. The van der Waals surface area contributed by atoms with Crippen molar-refractivity contribution in [2.75, 3.05) is 13.9 Å². The summed E-state index contributed by atoms with van der Waals surface area (Å²) in [6.45, 7) is 8.32. The number of allylic oxidation sites excluding steroid dienone is 2. The van der Waals surface area contributed by atoms with E-state index in [-0.39, 0.29) is 18.7 Å². The van der Waals surface area contributed by atoms with Crippen molar-refractivity contribution < 1.29 is 23.7 Å². The predicted octanol–water partition coefficient (Wildman–Crippen LogP) is 4.98. The highest BCUT2D eigenvalue weighted by Gasteiger charge is 2.37. The Bertz CT molecular complexity index is 859. The molecule has 0 radical (unpaired) electrons. The minimum absolute atomic E-state index is 0.0908. The monoisotopic (exact) mass is 394 g/mol. The molecule has 0 N–H and O–H groups in total. The van der Waals surface area contributed by atoms with Crippen LogP contribution in [0.25, 0.3) is 0 Å². The molecule has 0 aromatic heterocycles. The van der Waals surface area contributed by atoms with Crippen molar-refractivity contribution in [1.29, 1.82) is 0 Å². The second-order valence-electron chi connectivity index (χ2n) is 6.93.